The molecule has 0 heterocycles. The second-order valence-corrected chi connectivity index (χ2v) is 4.51. The minimum atomic E-state index is 0.339. The van der Waals surface area contributed by atoms with Crippen LogP contribution in [-0.2, 0) is 6.54 Å². The van der Waals surface area contributed by atoms with Gasteiger partial charge in [-0.1, -0.05) is 6.07 Å². The van der Waals surface area contributed by atoms with E-state index in [9.17, 15) is 0 Å². The molecule has 16 heavy (non-hydrogen) atoms. The Labute approximate surface area is 106 Å². The summed E-state index contributed by atoms with van der Waals surface area (Å²) in [6.45, 7) is 2.89. The number of ether oxygens (including phenoxy) is 1. The average molecular weight is 282 g/mol. The zero-order valence-electron chi connectivity index (χ0n) is 9.59. The lowest BCUT2D eigenvalue weighted by Gasteiger charge is -2.11. The summed E-state index contributed by atoms with van der Waals surface area (Å²) in [4.78, 5) is 0. The summed E-state index contributed by atoms with van der Waals surface area (Å²) in [5.41, 5.74) is 1.21. The summed E-state index contributed by atoms with van der Waals surface area (Å²) in [6, 6.07) is 6.38. The number of nitrogens with one attached hydrogen (secondary N) is 1. The number of rotatable bonds is 5. The van der Waals surface area contributed by atoms with Crippen LogP contribution in [-0.4, -0.2) is 13.2 Å². The molecule has 1 unspecified atom stereocenters. The first-order chi connectivity index (χ1) is 7.67. The van der Waals surface area contributed by atoms with Crippen LogP contribution in [0.4, 0.5) is 0 Å². The van der Waals surface area contributed by atoms with Crippen LogP contribution < -0.4 is 10.1 Å². The highest BCUT2D eigenvalue weighted by Gasteiger charge is 2.03. The highest BCUT2D eigenvalue weighted by atomic mass is 79.9. The Balaban J connectivity index is 2.55. The molecule has 86 valence electrons. The molecule has 0 fully saturated rings. The number of terminal acetylenes is 1. The van der Waals surface area contributed by atoms with Crippen LogP contribution in [0.15, 0.2) is 22.7 Å². The fourth-order valence-electron chi connectivity index (χ4n) is 1.36. The molecule has 0 aliphatic carbocycles. The minimum Gasteiger partial charge on any atom is -0.496 e. The fourth-order valence-corrected chi connectivity index (χ4v) is 1.95. The van der Waals surface area contributed by atoms with E-state index in [1.165, 1.54) is 5.56 Å². The Morgan fingerprint density at radius 2 is 2.31 bits per heavy atom. The SMILES string of the molecule is C#CCC(C)NCc1ccc(OC)c(Br)c1. The highest BCUT2D eigenvalue weighted by Crippen LogP contribution is 2.25. The van der Waals surface area contributed by atoms with Crippen molar-refractivity contribution >= 4 is 15.9 Å². The zero-order chi connectivity index (χ0) is 12.0. The second kappa shape index (κ2) is 6.57. The van der Waals surface area contributed by atoms with Gasteiger partial charge in [-0.3, -0.25) is 0 Å². The molecular weight excluding hydrogens is 266 g/mol. The Morgan fingerprint density at radius 1 is 1.56 bits per heavy atom. The van der Waals surface area contributed by atoms with Crippen LogP contribution >= 0.6 is 15.9 Å². The summed E-state index contributed by atoms with van der Waals surface area (Å²) >= 11 is 3.46. The third-order valence-corrected chi connectivity index (χ3v) is 2.91. The first kappa shape index (κ1) is 13.1. The predicted octanol–water partition coefficient (Wildman–Crippen LogP) is 2.96. The molecule has 3 heteroatoms. The van der Waals surface area contributed by atoms with E-state index in [0.29, 0.717) is 6.04 Å². The Bertz CT molecular complexity index is 384. The Kier molecular flexibility index (Phi) is 5.37. The summed E-state index contributed by atoms with van der Waals surface area (Å²) < 4.78 is 6.14. The van der Waals surface area contributed by atoms with E-state index in [1.54, 1.807) is 7.11 Å². The van der Waals surface area contributed by atoms with Crippen molar-refractivity contribution in [3.63, 3.8) is 0 Å². The van der Waals surface area contributed by atoms with Gasteiger partial charge in [-0.2, -0.15) is 0 Å². The number of methoxy groups -OCH3 is 1. The predicted molar refractivity (Wildman–Crippen MR) is 70.4 cm³/mol. The van der Waals surface area contributed by atoms with Gasteiger partial charge >= 0.3 is 0 Å². The van der Waals surface area contributed by atoms with Gasteiger partial charge in [-0.15, -0.1) is 12.3 Å². The van der Waals surface area contributed by atoms with Crippen LogP contribution in [0, 0.1) is 12.3 Å². The fraction of sp³-hybridized carbons (Fsp3) is 0.385. The maximum absolute atomic E-state index is 5.25. The molecule has 0 aliphatic rings. The van der Waals surface area contributed by atoms with Crippen LogP contribution in [0.2, 0.25) is 0 Å². The maximum atomic E-state index is 5.25. The van der Waals surface area contributed by atoms with Crippen molar-refractivity contribution in [2.45, 2.75) is 25.9 Å². The van der Waals surface area contributed by atoms with Crippen molar-refractivity contribution in [1.29, 1.82) is 0 Å². The van der Waals surface area contributed by atoms with Gasteiger partial charge in [0.2, 0.25) is 0 Å². The molecule has 1 aromatic carbocycles. The maximum Gasteiger partial charge on any atom is 0.133 e. The first-order valence-electron chi connectivity index (χ1n) is 5.16. The molecule has 0 saturated heterocycles. The van der Waals surface area contributed by atoms with E-state index < -0.39 is 0 Å². The molecule has 2 nitrogen and oxygen atoms in total. The molecule has 0 amide bonds. The van der Waals surface area contributed by atoms with E-state index >= 15 is 0 Å². The van der Waals surface area contributed by atoms with Crippen molar-refractivity contribution < 1.29 is 4.74 Å². The third kappa shape index (κ3) is 3.88. The van der Waals surface area contributed by atoms with Gasteiger partial charge in [0, 0.05) is 19.0 Å². The molecule has 0 aromatic heterocycles. The molecule has 0 saturated carbocycles. The number of halogens is 1. The molecule has 1 aromatic rings. The van der Waals surface area contributed by atoms with Crippen molar-refractivity contribution in [2.75, 3.05) is 7.11 Å². The first-order valence-corrected chi connectivity index (χ1v) is 5.96. The molecule has 0 spiro atoms. The van der Waals surface area contributed by atoms with E-state index in [1.807, 2.05) is 12.1 Å². The standard InChI is InChI=1S/C13H16BrNO/c1-4-5-10(2)15-9-11-6-7-13(16-3)12(14)8-11/h1,6-8,10,15H,5,9H2,2-3H3. The van der Waals surface area contributed by atoms with Gasteiger partial charge in [0.25, 0.3) is 0 Å². The molecular formula is C13H16BrNO. The zero-order valence-corrected chi connectivity index (χ0v) is 11.2. The van der Waals surface area contributed by atoms with Gasteiger partial charge < -0.3 is 10.1 Å². The van der Waals surface area contributed by atoms with Crippen LogP contribution in [0.5, 0.6) is 5.75 Å². The van der Waals surface area contributed by atoms with Gasteiger partial charge in [-0.25, -0.2) is 0 Å². The average Bonchev–Trinajstić information content (AvgIpc) is 2.27. The smallest absolute Gasteiger partial charge is 0.133 e. The number of hydrogen-bond donors (Lipinski definition) is 1. The normalized spacial score (nSPS) is 11.9. The summed E-state index contributed by atoms with van der Waals surface area (Å²) in [6.07, 6.45) is 5.99. The lowest BCUT2D eigenvalue weighted by atomic mass is 10.2. The quantitative estimate of drug-likeness (QED) is 0.838. The highest BCUT2D eigenvalue weighted by molar-refractivity contribution is 9.10. The minimum absolute atomic E-state index is 0.339. The second-order valence-electron chi connectivity index (χ2n) is 3.66. The van der Waals surface area contributed by atoms with E-state index in [2.05, 4.69) is 40.2 Å². The topological polar surface area (TPSA) is 21.3 Å². The van der Waals surface area contributed by atoms with E-state index in [4.69, 9.17) is 11.2 Å². The van der Waals surface area contributed by atoms with Crippen molar-refractivity contribution in [1.82, 2.24) is 5.32 Å². The summed E-state index contributed by atoms with van der Waals surface area (Å²) in [7, 11) is 1.66. The monoisotopic (exact) mass is 281 g/mol. The molecule has 1 rings (SSSR count). The summed E-state index contributed by atoms with van der Waals surface area (Å²) in [5, 5.41) is 3.36. The Hall–Kier alpha value is -0.980. The van der Waals surface area contributed by atoms with E-state index in [-0.39, 0.29) is 0 Å². The van der Waals surface area contributed by atoms with Crippen molar-refractivity contribution in [3.8, 4) is 18.1 Å². The number of benzene rings is 1. The third-order valence-electron chi connectivity index (χ3n) is 2.29. The molecule has 0 bridgehead atoms. The van der Waals surface area contributed by atoms with Crippen LogP contribution in [0.25, 0.3) is 0 Å². The van der Waals surface area contributed by atoms with Gasteiger partial charge in [0.15, 0.2) is 0 Å². The molecule has 0 radical (unpaired) electrons. The van der Waals surface area contributed by atoms with E-state index in [0.717, 1.165) is 23.2 Å². The van der Waals surface area contributed by atoms with Gasteiger partial charge in [-0.05, 0) is 40.5 Å². The van der Waals surface area contributed by atoms with Crippen molar-refractivity contribution in [3.05, 3.63) is 28.2 Å². The molecule has 1 atom stereocenters. The summed E-state index contributed by atoms with van der Waals surface area (Å²) in [5.74, 6) is 3.49. The van der Waals surface area contributed by atoms with Crippen molar-refractivity contribution in [2.24, 2.45) is 0 Å². The lowest BCUT2D eigenvalue weighted by molar-refractivity contribution is 0.412. The number of hydrogen-bond acceptors (Lipinski definition) is 2. The van der Waals surface area contributed by atoms with Crippen LogP contribution in [0.3, 0.4) is 0 Å². The van der Waals surface area contributed by atoms with Gasteiger partial charge in [0.05, 0.1) is 11.6 Å². The Morgan fingerprint density at radius 3 is 2.88 bits per heavy atom. The molecule has 1 N–H and O–H groups in total. The largest absolute Gasteiger partial charge is 0.496 e. The molecule has 0 aliphatic heterocycles. The van der Waals surface area contributed by atoms with Crippen LogP contribution in [0.1, 0.15) is 18.9 Å². The van der Waals surface area contributed by atoms with Gasteiger partial charge in [0.1, 0.15) is 5.75 Å². The lowest BCUT2D eigenvalue weighted by Crippen LogP contribution is -2.24.